The van der Waals surface area contributed by atoms with Crippen LogP contribution >= 0.6 is 11.6 Å². The maximum Gasteiger partial charge on any atom is 0.339 e. The Bertz CT molecular complexity index is 1150. The van der Waals surface area contributed by atoms with Crippen LogP contribution in [-0.4, -0.2) is 35.8 Å². The van der Waals surface area contributed by atoms with E-state index in [-0.39, 0.29) is 23.6 Å². The third-order valence-corrected chi connectivity index (χ3v) is 5.50. The third-order valence-electron chi connectivity index (χ3n) is 5.18. The standard InChI is InChI=1S/C22H19ClN2O5/c1-29-17-9-5-6-12(21(17)30-2)13-10-18(26)24-19-14(22(27)28)11-25(20(13)19)16-8-4-3-7-15(16)23/h3-9,11,13H,10H2,1-2H3,(H,24,26)(H,27,28). The molecule has 154 valence electrons. The van der Waals surface area contributed by atoms with Crippen molar-refractivity contribution in [2.75, 3.05) is 19.5 Å². The second kappa shape index (κ2) is 7.76. The van der Waals surface area contributed by atoms with Crippen LogP contribution in [0.25, 0.3) is 5.69 Å². The highest BCUT2D eigenvalue weighted by Gasteiger charge is 2.36. The molecule has 2 aromatic carbocycles. The fourth-order valence-electron chi connectivity index (χ4n) is 3.92. The van der Waals surface area contributed by atoms with Gasteiger partial charge in [0.2, 0.25) is 5.91 Å². The van der Waals surface area contributed by atoms with Gasteiger partial charge in [-0.05, 0) is 18.2 Å². The first-order chi connectivity index (χ1) is 14.5. The number of amides is 1. The number of aromatic carboxylic acids is 1. The molecule has 1 aliphatic rings. The Kier molecular flexibility index (Phi) is 5.13. The highest BCUT2D eigenvalue weighted by atomic mass is 35.5. The van der Waals surface area contributed by atoms with Gasteiger partial charge in [-0.3, -0.25) is 4.79 Å². The lowest BCUT2D eigenvalue weighted by molar-refractivity contribution is -0.116. The molecule has 1 aliphatic heterocycles. The molecule has 2 N–H and O–H groups in total. The van der Waals surface area contributed by atoms with E-state index < -0.39 is 11.9 Å². The minimum atomic E-state index is -1.14. The number of hydrogen-bond donors (Lipinski definition) is 2. The number of rotatable bonds is 5. The van der Waals surface area contributed by atoms with Gasteiger partial charge in [0.05, 0.1) is 36.3 Å². The van der Waals surface area contributed by atoms with E-state index in [0.29, 0.717) is 27.9 Å². The Hall–Kier alpha value is -3.45. The van der Waals surface area contributed by atoms with Gasteiger partial charge in [-0.25, -0.2) is 4.79 Å². The lowest BCUT2D eigenvalue weighted by Crippen LogP contribution is -2.26. The second-order valence-electron chi connectivity index (χ2n) is 6.82. The van der Waals surface area contributed by atoms with Crippen molar-refractivity contribution in [3.05, 3.63) is 70.5 Å². The van der Waals surface area contributed by atoms with Crippen molar-refractivity contribution in [3.63, 3.8) is 0 Å². The third kappa shape index (κ3) is 3.17. The van der Waals surface area contributed by atoms with E-state index in [4.69, 9.17) is 21.1 Å². The number of aromatic nitrogens is 1. The topological polar surface area (TPSA) is 89.8 Å². The van der Waals surface area contributed by atoms with E-state index in [0.717, 1.165) is 5.56 Å². The molecule has 1 aromatic heterocycles. The average molecular weight is 427 g/mol. The Morgan fingerprint density at radius 3 is 2.60 bits per heavy atom. The maximum atomic E-state index is 12.5. The smallest absolute Gasteiger partial charge is 0.339 e. The zero-order valence-corrected chi connectivity index (χ0v) is 17.1. The van der Waals surface area contributed by atoms with Crippen LogP contribution in [0.4, 0.5) is 5.69 Å². The lowest BCUT2D eigenvalue weighted by atomic mass is 9.87. The summed E-state index contributed by atoms with van der Waals surface area (Å²) in [6.45, 7) is 0. The van der Waals surface area contributed by atoms with Crippen LogP contribution in [0.15, 0.2) is 48.7 Å². The highest BCUT2D eigenvalue weighted by Crippen LogP contribution is 2.46. The van der Waals surface area contributed by atoms with Gasteiger partial charge in [-0.15, -0.1) is 0 Å². The van der Waals surface area contributed by atoms with Crippen molar-refractivity contribution in [2.24, 2.45) is 0 Å². The Labute approximate surface area is 177 Å². The number of anilines is 1. The van der Waals surface area contributed by atoms with Gasteiger partial charge in [-0.1, -0.05) is 35.9 Å². The molecule has 3 aromatic rings. The number of ether oxygens (including phenoxy) is 2. The number of methoxy groups -OCH3 is 2. The van der Waals surface area contributed by atoms with Crippen LogP contribution in [-0.2, 0) is 4.79 Å². The molecule has 30 heavy (non-hydrogen) atoms. The summed E-state index contributed by atoms with van der Waals surface area (Å²) in [4.78, 5) is 24.5. The van der Waals surface area contributed by atoms with Crippen LogP contribution in [0, 0.1) is 0 Å². The number of nitrogens with one attached hydrogen (secondary N) is 1. The van der Waals surface area contributed by atoms with Crippen molar-refractivity contribution in [3.8, 4) is 17.2 Å². The molecule has 2 heterocycles. The van der Waals surface area contributed by atoms with Crippen molar-refractivity contribution < 1.29 is 24.2 Å². The molecule has 1 unspecified atom stereocenters. The predicted molar refractivity (Wildman–Crippen MR) is 112 cm³/mol. The molecule has 0 saturated heterocycles. The summed E-state index contributed by atoms with van der Waals surface area (Å²) in [7, 11) is 3.07. The molecule has 1 atom stereocenters. The van der Waals surface area contributed by atoms with Crippen LogP contribution in [0.2, 0.25) is 5.02 Å². The van der Waals surface area contributed by atoms with E-state index in [1.165, 1.54) is 20.4 Å². The summed E-state index contributed by atoms with van der Waals surface area (Å²) in [5.41, 5.74) is 2.20. The molecule has 1 amide bonds. The monoisotopic (exact) mass is 426 g/mol. The Balaban J connectivity index is 2.03. The number of benzene rings is 2. The van der Waals surface area contributed by atoms with Gasteiger partial charge in [0.25, 0.3) is 0 Å². The fourth-order valence-corrected chi connectivity index (χ4v) is 4.15. The van der Waals surface area contributed by atoms with Gasteiger partial charge in [0.1, 0.15) is 5.56 Å². The number of carbonyl (C=O) groups excluding carboxylic acids is 1. The summed E-state index contributed by atoms with van der Waals surface area (Å²) in [5, 5.41) is 12.9. The summed E-state index contributed by atoms with van der Waals surface area (Å²) < 4.78 is 12.7. The van der Waals surface area contributed by atoms with Crippen LogP contribution < -0.4 is 14.8 Å². The molecule has 4 rings (SSSR count). The van der Waals surface area contributed by atoms with E-state index in [1.807, 2.05) is 18.2 Å². The number of hydrogen-bond acceptors (Lipinski definition) is 4. The summed E-state index contributed by atoms with van der Waals surface area (Å²) in [6.07, 6.45) is 1.60. The molecular formula is C22H19ClN2O5. The first-order valence-electron chi connectivity index (χ1n) is 9.20. The van der Waals surface area contributed by atoms with E-state index in [9.17, 15) is 14.7 Å². The molecule has 7 nitrogen and oxygen atoms in total. The van der Waals surface area contributed by atoms with Crippen molar-refractivity contribution in [1.82, 2.24) is 4.57 Å². The van der Waals surface area contributed by atoms with Crippen molar-refractivity contribution in [1.29, 1.82) is 0 Å². The van der Waals surface area contributed by atoms with Crippen molar-refractivity contribution in [2.45, 2.75) is 12.3 Å². The SMILES string of the molecule is COc1cccc(C2CC(=O)Nc3c(C(=O)O)cn(-c4ccccc4Cl)c32)c1OC. The summed E-state index contributed by atoms with van der Waals surface area (Å²) in [5.74, 6) is -0.873. The van der Waals surface area contributed by atoms with E-state index in [2.05, 4.69) is 5.32 Å². The minimum Gasteiger partial charge on any atom is -0.493 e. The number of nitrogens with zero attached hydrogens (tertiary/aromatic N) is 1. The predicted octanol–water partition coefficient (Wildman–Crippen LogP) is 4.32. The van der Waals surface area contributed by atoms with E-state index >= 15 is 0 Å². The normalized spacial score (nSPS) is 15.3. The zero-order valence-electron chi connectivity index (χ0n) is 16.3. The average Bonchev–Trinajstić information content (AvgIpc) is 3.12. The quantitative estimate of drug-likeness (QED) is 0.634. The first kappa shape index (κ1) is 19.8. The van der Waals surface area contributed by atoms with Crippen molar-refractivity contribution >= 4 is 29.2 Å². The molecule has 0 fully saturated rings. The molecule has 0 bridgehead atoms. The molecular weight excluding hydrogens is 408 g/mol. The Morgan fingerprint density at radius 1 is 1.17 bits per heavy atom. The number of para-hydroxylation sites is 2. The highest BCUT2D eigenvalue weighted by molar-refractivity contribution is 6.32. The van der Waals surface area contributed by atoms with Crippen LogP contribution in [0.1, 0.15) is 34.0 Å². The number of halogens is 1. The largest absolute Gasteiger partial charge is 0.493 e. The molecule has 0 radical (unpaired) electrons. The van der Waals surface area contributed by atoms with Crippen LogP contribution in [0.3, 0.4) is 0 Å². The number of fused-ring (bicyclic) bond motifs is 1. The Morgan fingerprint density at radius 2 is 1.93 bits per heavy atom. The molecule has 8 heteroatoms. The second-order valence-corrected chi connectivity index (χ2v) is 7.22. The first-order valence-corrected chi connectivity index (χ1v) is 9.58. The summed E-state index contributed by atoms with van der Waals surface area (Å²) in [6, 6.07) is 12.6. The number of carboxylic acids is 1. The molecule has 0 aliphatic carbocycles. The van der Waals surface area contributed by atoms with E-state index in [1.54, 1.807) is 28.8 Å². The van der Waals surface area contributed by atoms with Gasteiger partial charge < -0.3 is 24.5 Å². The van der Waals surface area contributed by atoms with Gasteiger partial charge in [0, 0.05) is 24.1 Å². The number of carboxylic acid groups (broad SMARTS) is 1. The maximum absolute atomic E-state index is 12.5. The minimum absolute atomic E-state index is 0.00941. The number of carbonyl (C=O) groups is 2. The van der Waals surface area contributed by atoms with Crippen LogP contribution in [0.5, 0.6) is 11.5 Å². The van der Waals surface area contributed by atoms with Gasteiger partial charge in [0.15, 0.2) is 11.5 Å². The fraction of sp³-hybridized carbons (Fsp3) is 0.182. The zero-order chi connectivity index (χ0) is 21.4. The van der Waals surface area contributed by atoms with Gasteiger partial charge >= 0.3 is 5.97 Å². The molecule has 0 saturated carbocycles. The summed E-state index contributed by atoms with van der Waals surface area (Å²) >= 11 is 6.42. The van der Waals surface area contributed by atoms with Gasteiger partial charge in [-0.2, -0.15) is 0 Å². The molecule has 0 spiro atoms. The lowest BCUT2D eigenvalue weighted by Gasteiger charge is -2.28.